The van der Waals surface area contributed by atoms with Gasteiger partial charge in [-0.15, -0.1) is 0 Å². The zero-order chi connectivity index (χ0) is 9.11. The molecule has 0 aromatic carbocycles. The molecule has 3 N–H and O–H groups in total. The summed E-state index contributed by atoms with van der Waals surface area (Å²) in [4.78, 5) is 2.96. The minimum Gasteiger partial charge on any atom is -0.364 e. The van der Waals surface area contributed by atoms with Gasteiger partial charge in [0.1, 0.15) is 0 Å². The lowest BCUT2D eigenvalue weighted by Crippen LogP contribution is -1.94. The van der Waals surface area contributed by atoms with Gasteiger partial charge in [0.25, 0.3) is 0 Å². The maximum Gasteiger partial charge on any atom is 0.0332 e. The van der Waals surface area contributed by atoms with Crippen molar-refractivity contribution in [2.24, 2.45) is 5.73 Å². The standard InChI is InChI=1S/C5H8N2.2C2H6/c6-4-5-2-1-3-7-5;2*1-2/h1-3,7H,4,6H2;2*1-2H3. The third-order valence-electron chi connectivity index (χ3n) is 0.882. The fourth-order valence-corrected chi connectivity index (χ4v) is 0.494. The molecule has 1 aromatic heterocycles. The van der Waals surface area contributed by atoms with Crippen LogP contribution >= 0.6 is 0 Å². The Balaban J connectivity index is 0. The molecule has 0 bridgehead atoms. The number of hydrogen-bond acceptors (Lipinski definition) is 1. The highest BCUT2D eigenvalue weighted by molar-refractivity contribution is 5.02. The van der Waals surface area contributed by atoms with Gasteiger partial charge < -0.3 is 10.7 Å². The van der Waals surface area contributed by atoms with Crippen LogP contribution in [0.3, 0.4) is 0 Å². The van der Waals surface area contributed by atoms with E-state index in [2.05, 4.69) is 4.98 Å². The average Bonchev–Trinajstić information content (AvgIpc) is 2.63. The van der Waals surface area contributed by atoms with Crippen molar-refractivity contribution in [2.45, 2.75) is 34.2 Å². The van der Waals surface area contributed by atoms with Crippen molar-refractivity contribution < 1.29 is 0 Å². The molecule has 1 aromatic rings. The predicted molar refractivity (Wildman–Crippen MR) is 51.4 cm³/mol. The molecule has 0 spiro atoms. The molecule has 0 saturated carbocycles. The summed E-state index contributed by atoms with van der Waals surface area (Å²) in [5, 5.41) is 0. The highest BCUT2D eigenvalue weighted by Gasteiger charge is 1.81. The number of aromatic amines is 1. The highest BCUT2D eigenvalue weighted by Crippen LogP contribution is 1.88. The van der Waals surface area contributed by atoms with E-state index in [0.717, 1.165) is 5.69 Å². The van der Waals surface area contributed by atoms with Crippen LogP contribution in [0.5, 0.6) is 0 Å². The zero-order valence-corrected chi connectivity index (χ0v) is 8.02. The minimum absolute atomic E-state index is 0.604. The van der Waals surface area contributed by atoms with Crippen molar-refractivity contribution in [2.75, 3.05) is 0 Å². The number of nitrogens with two attached hydrogens (primary N) is 1. The first-order chi connectivity index (χ1) is 5.43. The molecule has 2 nitrogen and oxygen atoms in total. The van der Waals surface area contributed by atoms with Crippen LogP contribution in [-0.2, 0) is 6.54 Å². The largest absolute Gasteiger partial charge is 0.364 e. The van der Waals surface area contributed by atoms with Gasteiger partial charge in [-0.25, -0.2) is 0 Å². The molecular formula is C9H20N2. The molecule has 1 heterocycles. The summed E-state index contributed by atoms with van der Waals surface area (Å²) in [6, 6.07) is 3.89. The van der Waals surface area contributed by atoms with Gasteiger partial charge in [-0.1, -0.05) is 27.7 Å². The lowest BCUT2D eigenvalue weighted by molar-refractivity contribution is 1.01. The van der Waals surface area contributed by atoms with Crippen LogP contribution in [-0.4, -0.2) is 4.98 Å². The number of H-pyrrole nitrogens is 1. The second-order valence-electron chi connectivity index (χ2n) is 1.40. The molecule has 2 heteroatoms. The minimum atomic E-state index is 0.604. The Morgan fingerprint density at radius 2 is 1.82 bits per heavy atom. The molecular weight excluding hydrogens is 136 g/mol. The topological polar surface area (TPSA) is 41.8 Å². The lowest BCUT2D eigenvalue weighted by Gasteiger charge is -1.82. The second-order valence-corrected chi connectivity index (χ2v) is 1.40. The van der Waals surface area contributed by atoms with Crippen molar-refractivity contribution in [1.29, 1.82) is 0 Å². The van der Waals surface area contributed by atoms with E-state index in [9.17, 15) is 0 Å². The molecule has 1 rings (SSSR count). The molecule has 11 heavy (non-hydrogen) atoms. The van der Waals surface area contributed by atoms with E-state index in [1.807, 2.05) is 46.0 Å². The molecule has 0 radical (unpaired) electrons. The van der Waals surface area contributed by atoms with Gasteiger partial charge in [0.15, 0.2) is 0 Å². The fraction of sp³-hybridized carbons (Fsp3) is 0.556. The Kier molecular flexibility index (Phi) is 14.0. The SMILES string of the molecule is CC.CC.NCc1ccc[nH]1. The lowest BCUT2D eigenvalue weighted by atomic mass is 10.4. The Morgan fingerprint density at radius 1 is 1.27 bits per heavy atom. The predicted octanol–water partition coefficient (Wildman–Crippen LogP) is 2.53. The average molecular weight is 156 g/mol. The molecule has 0 amide bonds. The smallest absolute Gasteiger partial charge is 0.0332 e. The van der Waals surface area contributed by atoms with Gasteiger partial charge in [0, 0.05) is 18.4 Å². The third kappa shape index (κ3) is 7.13. The summed E-state index contributed by atoms with van der Waals surface area (Å²) in [6.07, 6.45) is 1.86. The first-order valence-electron chi connectivity index (χ1n) is 4.26. The molecule has 0 unspecified atom stereocenters. The van der Waals surface area contributed by atoms with E-state index in [4.69, 9.17) is 5.73 Å². The van der Waals surface area contributed by atoms with E-state index >= 15 is 0 Å². The third-order valence-corrected chi connectivity index (χ3v) is 0.882. The van der Waals surface area contributed by atoms with Crippen molar-refractivity contribution in [3.8, 4) is 0 Å². The van der Waals surface area contributed by atoms with Gasteiger partial charge in [0.05, 0.1) is 0 Å². The normalized spacial score (nSPS) is 7.00. The molecule has 0 aliphatic heterocycles. The summed E-state index contributed by atoms with van der Waals surface area (Å²) in [5.74, 6) is 0. The van der Waals surface area contributed by atoms with E-state index in [-0.39, 0.29) is 0 Å². The van der Waals surface area contributed by atoms with Gasteiger partial charge in [-0.2, -0.15) is 0 Å². The Hall–Kier alpha value is -0.760. The second kappa shape index (κ2) is 12.0. The molecule has 0 saturated heterocycles. The van der Waals surface area contributed by atoms with Crippen molar-refractivity contribution in [1.82, 2.24) is 4.98 Å². The summed E-state index contributed by atoms with van der Waals surface area (Å²) in [5.41, 5.74) is 6.35. The maximum absolute atomic E-state index is 5.26. The molecule has 0 fully saturated rings. The van der Waals surface area contributed by atoms with Gasteiger partial charge in [0.2, 0.25) is 0 Å². The first kappa shape index (κ1) is 12.9. The van der Waals surface area contributed by atoms with Crippen LogP contribution in [0.15, 0.2) is 18.3 Å². The zero-order valence-electron chi connectivity index (χ0n) is 8.02. The Bertz CT molecular complexity index is 122. The summed E-state index contributed by atoms with van der Waals surface area (Å²) < 4.78 is 0. The molecule has 66 valence electrons. The molecule has 0 aliphatic carbocycles. The van der Waals surface area contributed by atoms with Crippen LogP contribution in [0.1, 0.15) is 33.4 Å². The first-order valence-corrected chi connectivity index (χ1v) is 4.26. The van der Waals surface area contributed by atoms with E-state index in [1.165, 1.54) is 0 Å². The summed E-state index contributed by atoms with van der Waals surface area (Å²) >= 11 is 0. The van der Waals surface area contributed by atoms with Crippen LogP contribution in [0.2, 0.25) is 0 Å². The van der Waals surface area contributed by atoms with Crippen LogP contribution < -0.4 is 5.73 Å². The van der Waals surface area contributed by atoms with E-state index in [1.54, 1.807) is 0 Å². The highest BCUT2D eigenvalue weighted by atomic mass is 14.7. The monoisotopic (exact) mass is 156 g/mol. The summed E-state index contributed by atoms with van der Waals surface area (Å²) in [6.45, 7) is 8.60. The van der Waals surface area contributed by atoms with Crippen molar-refractivity contribution in [3.05, 3.63) is 24.0 Å². The van der Waals surface area contributed by atoms with E-state index in [0.29, 0.717) is 6.54 Å². The van der Waals surface area contributed by atoms with Crippen LogP contribution in [0.25, 0.3) is 0 Å². The number of nitrogens with one attached hydrogen (secondary N) is 1. The van der Waals surface area contributed by atoms with E-state index < -0.39 is 0 Å². The Morgan fingerprint density at radius 3 is 2.00 bits per heavy atom. The quantitative estimate of drug-likeness (QED) is 0.644. The molecule has 0 aliphatic rings. The number of hydrogen-bond donors (Lipinski definition) is 2. The van der Waals surface area contributed by atoms with Gasteiger partial charge in [-0.05, 0) is 12.1 Å². The maximum atomic E-state index is 5.26. The van der Waals surface area contributed by atoms with Crippen LogP contribution in [0.4, 0.5) is 0 Å². The van der Waals surface area contributed by atoms with Crippen molar-refractivity contribution in [3.63, 3.8) is 0 Å². The summed E-state index contributed by atoms with van der Waals surface area (Å²) in [7, 11) is 0. The van der Waals surface area contributed by atoms with Gasteiger partial charge >= 0.3 is 0 Å². The van der Waals surface area contributed by atoms with Crippen LogP contribution in [0, 0.1) is 0 Å². The molecule has 0 atom stereocenters. The number of rotatable bonds is 1. The Labute approximate surface area is 69.8 Å². The van der Waals surface area contributed by atoms with Crippen molar-refractivity contribution >= 4 is 0 Å². The fourth-order valence-electron chi connectivity index (χ4n) is 0.494. The number of aromatic nitrogens is 1. The van der Waals surface area contributed by atoms with Gasteiger partial charge in [-0.3, -0.25) is 0 Å².